The Morgan fingerprint density at radius 1 is 1.27 bits per heavy atom. The van der Waals surface area contributed by atoms with Crippen molar-refractivity contribution < 1.29 is 4.79 Å². The highest BCUT2D eigenvalue weighted by Gasteiger charge is 2.04. The Morgan fingerprint density at radius 3 is 2.80 bits per heavy atom. The molecule has 74 valence electrons. The van der Waals surface area contributed by atoms with Crippen molar-refractivity contribution in [1.29, 1.82) is 0 Å². The van der Waals surface area contributed by atoms with Gasteiger partial charge in [-0.2, -0.15) is 5.10 Å². The summed E-state index contributed by atoms with van der Waals surface area (Å²) in [5.74, 6) is 0.557. The zero-order valence-corrected chi connectivity index (χ0v) is 8.21. The van der Waals surface area contributed by atoms with Crippen LogP contribution in [0, 0.1) is 0 Å². The molecule has 0 atom stereocenters. The summed E-state index contributed by atoms with van der Waals surface area (Å²) in [4.78, 5) is 15.2. The van der Waals surface area contributed by atoms with Gasteiger partial charge in [0.25, 0.3) is 0 Å². The number of hydrogen-bond acceptors (Lipinski definition) is 4. The number of Topliss-reactive ketones (excluding diaryl/α,β-unsaturated/α-hetero) is 1. The lowest BCUT2D eigenvalue weighted by Crippen LogP contribution is -1.94. The van der Waals surface area contributed by atoms with E-state index in [9.17, 15) is 4.79 Å². The predicted octanol–water partition coefficient (Wildman–Crippen LogP) is 1.74. The monoisotopic (exact) mass is 199 g/mol. The van der Waals surface area contributed by atoms with Crippen LogP contribution in [0.25, 0.3) is 11.4 Å². The second-order valence-electron chi connectivity index (χ2n) is 3.10. The van der Waals surface area contributed by atoms with Gasteiger partial charge in [0.1, 0.15) is 0 Å². The molecule has 0 aliphatic rings. The van der Waals surface area contributed by atoms with Crippen molar-refractivity contribution in [3.63, 3.8) is 0 Å². The van der Waals surface area contributed by atoms with Gasteiger partial charge < -0.3 is 0 Å². The maximum Gasteiger partial charge on any atom is 0.181 e. The highest BCUT2D eigenvalue weighted by atomic mass is 16.1. The molecule has 0 amide bonds. The summed E-state index contributed by atoms with van der Waals surface area (Å²) in [6.07, 6.45) is 3.08. The molecule has 1 heterocycles. The Kier molecular flexibility index (Phi) is 2.49. The van der Waals surface area contributed by atoms with Gasteiger partial charge in [0.15, 0.2) is 11.6 Å². The quantitative estimate of drug-likeness (QED) is 0.691. The van der Waals surface area contributed by atoms with Gasteiger partial charge in [0.2, 0.25) is 0 Å². The van der Waals surface area contributed by atoms with Crippen LogP contribution in [0.4, 0.5) is 0 Å². The van der Waals surface area contributed by atoms with Gasteiger partial charge >= 0.3 is 0 Å². The Balaban J connectivity index is 2.46. The molecule has 0 N–H and O–H groups in total. The molecule has 0 saturated carbocycles. The van der Waals surface area contributed by atoms with E-state index < -0.39 is 0 Å². The Hall–Kier alpha value is -2.10. The molecule has 2 aromatic rings. The molecule has 0 saturated heterocycles. The summed E-state index contributed by atoms with van der Waals surface area (Å²) in [6, 6.07) is 7.19. The van der Waals surface area contributed by atoms with E-state index in [1.165, 1.54) is 13.1 Å². The molecule has 0 fully saturated rings. The van der Waals surface area contributed by atoms with Gasteiger partial charge in [-0.25, -0.2) is 4.98 Å². The van der Waals surface area contributed by atoms with E-state index in [0.29, 0.717) is 11.4 Å². The van der Waals surface area contributed by atoms with Crippen LogP contribution in [-0.2, 0) is 0 Å². The third-order valence-electron chi connectivity index (χ3n) is 2.01. The minimum Gasteiger partial charge on any atom is -0.295 e. The first kappa shape index (κ1) is 9.45. The smallest absolute Gasteiger partial charge is 0.181 e. The maximum atomic E-state index is 11.2. The van der Waals surface area contributed by atoms with Crippen LogP contribution in [-0.4, -0.2) is 21.0 Å². The largest absolute Gasteiger partial charge is 0.295 e. The number of carbonyl (C=O) groups excluding carboxylic acids is 1. The van der Waals surface area contributed by atoms with E-state index in [2.05, 4.69) is 15.2 Å². The Bertz CT molecular complexity index is 482. The molecule has 0 radical (unpaired) electrons. The molecule has 0 unspecified atom stereocenters. The minimum atomic E-state index is 0.0285. The Labute approximate surface area is 87.0 Å². The van der Waals surface area contributed by atoms with Crippen LogP contribution in [0.3, 0.4) is 0 Å². The Morgan fingerprint density at radius 2 is 2.13 bits per heavy atom. The van der Waals surface area contributed by atoms with E-state index in [-0.39, 0.29) is 5.78 Å². The van der Waals surface area contributed by atoms with Crippen LogP contribution < -0.4 is 0 Å². The van der Waals surface area contributed by atoms with E-state index in [0.717, 1.165) is 5.56 Å². The lowest BCUT2D eigenvalue weighted by atomic mass is 10.1. The van der Waals surface area contributed by atoms with Crippen molar-refractivity contribution in [1.82, 2.24) is 15.2 Å². The van der Waals surface area contributed by atoms with Crippen LogP contribution in [0.2, 0.25) is 0 Å². The number of nitrogens with zero attached hydrogens (tertiary/aromatic N) is 3. The molecular formula is C11H9N3O. The third-order valence-corrected chi connectivity index (χ3v) is 2.01. The van der Waals surface area contributed by atoms with E-state index >= 15 is 0 Å². The first-order valence-electron chi connectivity index (χ1n) is 4.52. The fourth-order valence-corrected chi connectivity index (χ4v) is 1.26. The van der Waals surface area contributed by atoms with Crippen molar-refractivity contribution >= 4 is 5.78 Å². The van der Waals surface area contributed by atoms with Crippen molar-refractivity contribution in [2.24, 2.45) is 0 Å². The van der Waals surface area contributed by atoms with Crippen molar-refractivity contribution in [2.45, 2.75) is 6.92 Å². The summed E-state index contributed by atoms with van der Waals surface area (Å²) >= 11 is 0. The summed E-state index contributed by atoms with van der Waals surface area (Å²) in [5.41, 5.74) is 1.45. The molecule has 0 bridgehead atoms. The average molecular weight is 199 g/mol. The van der Waals surface area contributed by atoms with Crippen LogP contribution in [0.1, 0.15) is 17.3 Å². The number of ketones is 1. The molecule has 4 heteroatoms. The third kappa shape index (κ3) is 2.04. The number of hydrogen-bond donors (Lipinski definition) is 0. The van der Waals surface area contributed by atoms with E-state index in [4.69, 9.17) is 0 Å². The lowest BCUT2D eigenvalue weighted by molar-refractivity contribution is 0.101. The zero-order valence-electron chi connectivity index (χ0n) is 8.21. The van der Waals surface area contributed by atoms with Crippen molar-refractivity contribution in [3.05, 3.63) is 42.2 Å². The topological polar surface area (TPSA) is 55.7 Å². The summed E-state index contributed by atoms with van der Waals surface area (Å²) in [5, 5.41) is 7.62. The lowest BCUT2D eigenvalue weighted by Gasteiger charge is -2.00. The van der Waals surface area contributed by atoms with Crippen LogP contribution in [0.15, 0.2) is 36.7 Å². The van der Waals surface area contributed by atoms with Gasteiger partial charge in [-0.3, -0.25) is 4.79 Å². The fourth-order valence-electron chi connectivity index (χ4n) is 1.26. The summed E-state index contributed by atoms with van der Waals surface area (Å²) in [6.45, 7) is 1.53. The van der Waals surface area contributed by atoms with E-state index in [1.54, 1.807) is 18.3 Å². The molecule has 1 aromatic heterocycles. The molecule has 0 spiro atoms. The van der Waals surface area contributed by atoms with Gasteiger partial charge in [-0.1, -0.05) is 18.2 Å². The van der Waals surface area contributed by atoms with Gasteiger partial charge in [0.05, 0.1) is 6.20 Å². The first-order chi connectivity index (χ1) is 7.27. The number of benzene rings is 1. The molecule has 0 aliphatic carbocycles. The van der Waals surface area contributed by atoms with E-state index in [1.807, 2.05) is 12.1 Å². The molecular weight excluding hydrogens is 190 g/mol. The van der Waals surface area contributed by atoms with Gasteiger partial charge in [-0.15, -0.1) is 5.10 Å². The second kappa shape index (κ2) is 3.96. The van der Waals surface area contributed by atoms with Crippen molar-refractivity contribution in [2.75, 3.05) is 0 Å². The SMILES string of the molecule is CC(=O)c1cccc(-c2nccnn2)c1. The summed E-state index contributed by atoms with van der Waals surface area (Å²) < 4.78 is 0. The average Bonchev–Trinajstić information content (AvgIpc) is 2.30. The number of aromatic nitrogens is 3. The molecule has 4 nitrogen and oxygen atoms in total. The van der Waals surface area contributed by atoms with Gasteiger partial charge in [-0.05, 0) is 13.0 Å². The van der Waals surface area contributed by atoms with Crippen LogP contribution >= 0.6 is 0 Å². The molecule has 15 heavy (non-hydrogen) atoms. The maximum absolute atomic E-state index is 11.2. The molecule has 2 rings (SSSR count). The fraction of sp³-hybridized carbons (Fsp3) is 0.0909. The predicted molar refractivity (Wildman–Crippen MR) is 55.3 cm³/mol. The molecule has 1 aromatic carbocycles. The standard InChI is InChI=1S/C11H9N3O/c1-8(15)9-3-2-4-10(7-9)11-12-5-6-13-14-11/h2-7H,1H3. The number of carbonyl (C=O) groups is 1. The summed E-state index contributed by atoms with van der Waals surface area (Å²) in [7, 11) is 0. The first-order valence-corrected chi connectivity index (χ1v) is 4.52. The van der Waals surface area contributed by atoms with Crippen LogP contribution in [0.5, 0.6) is 0 Å². The van der Waals surface area contributed by atoms with Gasteiger partial charge in [0, 0.05) is 17.3 Å². The molecule has 0 aliphatic heterocycles. The normalized spacial score (nSPS) is 9.93. The highest BCUT2D eigenvalue weighted by Crippen LogP contribution is 2.15. The second-order valence-corrected chi connectivity index (χ2v) is 3.10. The zero-order chi connectivity index (χ0) is 10.7. The van der Waals surface area contributed by atoms with Crippen molar-refractivity contribution in [3.8, 4) is 11.4 Å². The highest BCUT2D eigenvalue weighted by molar-refractivity contribution is 5.95. The number of rotatable bonds is 2. The minimum absolute atomic E-state index is 0.0285.